The Kier molecular flexibility index (Phi) is 4.89. The summed E-state index contributed by atoms with van der Waals surface area (Å²) in [4.78, 5) is 33.8. The first-order valence-electron chi connectivity index (χ1n) is 9.67. The fraction of sp³-hybridized carbons (Fsp3) is 0.381. The highest BCUT2D eigenvalue weighted by Gasteiger charge is 2.60. The molecule has 0 N–H and O–H groups in total. The summed E-state index contributed by atoms with van der Waals surface area (Å²) in [5.41, 5.74) is -1.24. The molecule has 9 heteroatoms. The lowest BCUT2D eigenvalue weighted by Crippen LogP contribution is -2.58. The van der Waals surface area contributed by atoms with Crippen molar-refractivity contribution in [2.24, 2.45) is 11.8 Å². The molecule has 2 fully saturated rings. The molecule has 9 nitrogen and oxygen atoms in total. The summed E-state index contributed by atoms with van der Waals surface area (Å²) in [6, 6.07) is 10.2. The predicted molar refractivity (Wildman–Crippen MR) is 105 cm³/mol. The van der Waals surface area contributed by atoms with Gasteiger partial charge in [-0.25, -0.2) is 4.79 Å². The average Bonchev–Trinajstić information content (AvgIpc) is 2.77. The van der Waals surface area contributed by atoms with E-state index in [0.29, 0.717) is 5.75 Å². The van der Waals surface area contributed by atoms with E-state index in [1.807, 2.05) is 12.1 Å². The van der Waals surface area contributed by atoms with Crippen molar-refractivity contribution in [1.29, 1.82) is 0 Å². The average molecular weight is 412 g/mol. The molecule has 4 rings (SSSR count). The van der Waals surface area contributed by atoms with Crippen molar-refractivity contribution in [3.05, 3.63) is 73.8 Å². The third-order valence-corrected chi connectivity index (χ3v) is 6.25. The van der Waals surface area contributed by atoms with Crippen LogP contribution in [0.3, 0.4) is 0 Å². The summed E-state index contributed by atoms with van der Waals surface area (Å²) in [7, 11) is 1.57. The third kappa shape index (κ3) is 3.16. The Bertz CT molecular complexity index is 972. The van der Waals surface area contributed by atoms with E-state index in [9.17, 15) is 25.0 Å². The van der Waals surface area contributed by atoms with Gasteiger partial charge >= 0.3 is 5.97 Å². The number of fused-ring (bicyclic) bond motifs is 2. The van der Waals surface area contributed by atoms with E-state index in [2.05, 4.69) is 0 Å². The number of rotatable bonds is 6. The van der Waals surface area contributed by atoms with Crippen molar-refractivity contribution in [2.45, 2.75) is 31.3 Å². The van der Waals surface area contributed by atoms with Crippen LogP contribution in [0.4, 0.5) is 11.4 Å². The molecule has 0 aliphatic heterocycles. The molecule has 0 heterocycles. The number of benzene rings is 2. The molecule has 0 saturated heterocycles. The first kappa shape index (κ1) is 19.8. The van der Waals surface area contributed by atoms with Crippen LogP contribution in [0.5, 0.6) is 5.75 Å². The summed E-state index contributed by atoms with van der Waals surface area (Å²) in [6.07, 6.45) is 3.80. The van der Waals surface area contributed by atoms with Crippen LogP contribution in [0, 0.1) is 32.1 Å². The van der Waals surface area contributed by atoms with E-state index in [1.54, 1.807) is 19.2 Å². The molecular formula is C21H20N2O7. The van der Waals surface area contributed by atoms with Crippen molar-refractivity contribution in [2.75, 3.05) is 7.11 Å². The second-order valence-electron chi connectivity index (χ2n) is 7.72. The molecule has 156 valence electrons. The van der Waals surface area contributed by atoms with Gasteiger partial charge in [-0.05, 0) is 37.0 Å². The number of methoxy groups -OCH3 is 1. The molecule has 2 aromatic carbocycles. The fourth-order valence-corrected chi connectivity index (χ4v) is 4.83. The van der Waals surface area contributed by atoms with Gasteiger partial charge in [0.05, 0.1) is 28.6 Å². The van der Waals surface area contributed by atoms with E-state index in [1.165, 1.54) is 0 Å². The van der Waals surface area contributed by atoms with E-state index in [0.717, 1.165) is 49.4 Å². The summed E-state index contributed by atoms with van der Waals surface area (Å²) < 4.78 is 11.2. The number of ether oxygens (including phenoxy) is 2. The first-order valence-corrected chi connectivity index (χ1v) is 9.67. The Morgan fingerprint density at radius 3 is 2.03 bits per heavy atom. The maximum absolute atomic E-state index is 13.0. The number of non-ortho nitro benzene ring substituents is 2. The van der Waals surface area contributed by atoms with Crippen molar-refractivity contribution >= 4 is 17.3 Å². The largest absolute Gasteiger partial charge is 0.497 e. The predicted octanol–water partition coefficient (Wildman–Crippen LogP) is 4.38. The van der Waals surface area contributed by atoms with Crippen LogP contribution in [-0.4, -0.2) is 22.9 Å². The Morgan fingerprint density at radius 2 is 1.57 bits per heavy atom. The quantitative estimate of drug-likeness (QED) is 0.392. The number of nitro benzene ring substituents is 2. The SMILES string of the molecule is COc1ccc(C2(OC(=O)c3cc([N+](=O)[O-])cc([N+](=O)[O-])c3)[C@@H]3CCC[C@H]2C3)cc1. The minimum atomic E-state index is -0.832. The molecule has 0 amide bonds. The summed E-state index contributed by atoms with van der Waals surface area (Å²) in [5.74, 6) is 0.165. The number of carbonyl (C=O) groups is 1. The zero-order valence-electron chi connectivity index (χ0n) is 16.3. The lowest BCUT2D eigenvalue weighted by atomic mass is 9.51. The van der Waals surface area contributed by atoms with Crippen LogP contribution in [0.15, 0.2) is 42.5 Å². The van der Waals surface area contributed by atoms with Crippen LogP contribution in [0.2, 0.25) is 0 Å². The highest BCUT2D eigenvalue weighted by atomic mass is 16.6. The Morgan fingerprint density at radius 1 is 1.00 bits per heavy atom. The minimum absolute atomic E-state index is 0.141. The molecule has 0 radical (unpaired) electrons. The molecule has 2 aromatic rings. The van der Waals surface area contributed by atoms with E-state index >= 15 is 0 Å². The van der Waals surface area contributed by atoms with Crippen LogP contribution >= 0.6 is 0 Å². The van der Waals surface area contributed by atoms with Gasteiger partial charge in [0.15, 0.2) is 0 Å². The summed E-state index contributed by atoms with van der Waals surface area (Å²) in [6.45, 7) is 0. The highest BCUT2D eigenvalue weighted by molar-refractivity contribution is 5.91. The van der Waals surface area contributed by atoms with Crippen LogP contribution in [0.25, 0.3) is 0 Å². The molecule has 3 atom stereocenters. The van der Waals surface area contributed by atoms with E-state index in [-0.39, 0.29) is 17.4 Å². The van der Waals surface area contributed by atoms with Crippen LogP contribution in [0.1, 0.15) is 41.6 Å². The van der Waals surface area contributed by atoms with Crippen LogP contribution < -0.4 is 4.74 Å². The number of hydrogen-bond acceptors (Lipinski definition) is 7. The molecule has 30 heavy (non-hydrogen) atoms. The molecule has 2 saturated carbocycles. The lowest BCUT2D eigenvalue weighted by Gasteiger charge is -2.58. The van der Waals surface area contributed by atoms with Crippen LogP contribution in [-0.2, 0) is 10.3 Å². The van der Waals surface area contributed by atoms with Crippen molar-refractivity contribution in [3.63, 3.8) is 0 Å². The standard InChI is InChI=1S/C21H20N2O7/c1-29-19-7-5-14(6-8-19)21(15-3-2-4-16(21)11-15)30-20(24)13-9-17(22(25)26)12-18(10-13)23(27)28/h5-10,12,15-16H,2-4,11H2,1H3/t15-,16+,21?. The smallest absolute Gasteiger partial charge is 0.339 e. The van der Waals surface area contributed by atoms with Crippen molar-refractivity contribution in [3.8, 4) is 5.75 Å². The summed E-state index contributed by atoms with van der Waals surface area (Å²) >= 11 is 0. The Labute approximate surface area is 171 Å². The van der Waals surface area contributed by atoms with Gasteiger partial charge in [-0.15, -0.1) is 0 Å². The molecule has 0 spiro atoms. The van der Waals surface area contributed by atoms with Crippen molar-refractivity contribution in [1.82, 2.24) is 0 Å². The maximum Gasteiger partial charge on any atom is 0.339 e. The Balaban J connectivity index is 1.72. The van der Waals surface area contributed by atoms with E-state index < -0.39 is 32.8 Å². The normalized spacial score (nSPS) is 24.4. The molecule has 2 aliphatic rings. The number of nitrogens with zero attached hydrogens (tertiary/aromatic N) is 2. The minimum Gasteiger partial charge on any atom is -0.497 e. The topological polar surface area (TPSA) is 122 Å². The number of esters is 1. The first-order chi connectivity index (χ1) is 14.3. The Hall–Kier alpha value is -3.49. The number of hydrogen-bond donors (Lipinski definition) is 0. The molecule has 1 unspecified atom stereocenters. The van der Waals surface area contributed by atoms with Gasteiger partial charge in [-0.3, -0.25) is 20.2 Å². The second-order valence-corrected chi connectivity index (χ2v) is 7.72. The van der Waals surface area contributed by atoms with Gasteiger partial charge in [-0.2, -0.15) is 0 Å². The van der Waals surface area contributed by atoms with Gasteiger partial charge < -0.3 is 9.47 Å². The zero-order chi connectivity index (χ0) is 21.5. The third-order valence-electron chi connectivity index (χ3n) is 6.25. The van der Waals surface area contributed by atoms with Crippen molar-refractivity contribution < 1.29 is 24.1 Å². The lowest BCUT2D eigenvalue weighted by molar-refractivity contribution is -0.394. The van der Waals surface area contributed by atoms with E-state index in [4.69, 9.17) is 9.47 Å². The fourth-order valence-electron chi connectivity index (χ4n) is 4.83. The maximum atomic E-state index is 13.0. The van der Waals surface area contributed by atoms with Gasteiger partial charge in [0.2, 0.25) is 0 Å². The molecule has 0 aromatic heterocycles. The monoisotopic (exact) mass is 412 g/mol. The zero-order valence-corrected chi connectivity index (χ0v) is 16.3. The van der Waals surface area contributed by atoms with Gasteiger partial charge in [0.25, 0.3) is 11.4 Å². The number of carbonyl (C=O) groups excluding carboxylic acids is 1. The second kappa shape index (κ2) is 7.40. The molecule has 2 aliphatic carbocycles. The molecular weight excluding hydrogens is 392 g/mol. The van der Waals surface area contributed by atoms with Gasteiger partial charge in [0, 0.05) is 24.0 Å². The summed E-state index contributed by atoms with van der Waals surface area (Å²) in [5, 5.41) is 22.3. The number of nitro groups is 2. The van der Waals surface area contributed by atoms with Gasteiger partial charge in [-0.1, -0.05) is 18.6 Å². The molecule has 2 bridgehead atoms. The van der Waals surface area contributed by atoms with Gasteiger partial charge in [0.1, 0.15) is 11.4 Å². The highest BCUT2D eigenvalue weighted by Crippen LogP contribution is 2.61.